The fraction of sp³-hybridized carbons (Fsp3) is 0.455. The van der Waals surface area contributed by atoms with E-state index in [1.807, 2.05) is 0 Å². The molecule has 1 heteroatoms. The topological polar surface area (TPSA) is 0 Å². The van der Waals surface area contributed by atoms with E-state index >= 15 is 0 Å². The molecule has 0 nitrogen and oxygen atoms in total. The quantitative estimate of drug-likeness (QED) is 0.626. The first kappa shape index (κ1) is 8.12. The van der Waals surface area contributed by atoms with Crippen molar-refractivity contribution in [1.82, 2.24) is 0 Å². The Labute approximate surface area is 78.6 Å². The fourth-order valence-electron chi connectivity index (χ4n) is 1.94. The van der Waals surface area contributed by atoms with Crippen molar-refractivity contribution in [2.75, 3.05) is 5.88 Å². The summed E-state index contributed by atoms with van der Waals surface area (Å²) >= 11 is 5.65. The summed E-state index contributed by atoms with van der Waals surface area (Å²) in [5.74, 6) is 1.61. The SMILES string of the molecule is ClCCCC1Cc2ccccc21. The number of hydrogen-bond donors (Lipinski definition) is 0. The molecule has 0 saturated heterocycles. The van der Waals surface area contributed by atoms with Gasteiger partial charge in [0.05, 0.1) is 0 Å². The molecule has 0 fully saturated rings. The highest BCUT2D eigenvalue weighted by molar-refractivity contribution is 6.17. The van der Waals surface area contributed by atoms with Crippen molar-refractivity contribution in [1.29, 1.82) is 0 Å². The second-order valence-corrected chi connectivity index (χ2v) is 3.81. The highest BCUT2D eigenvalue weighted by Crippen LogP contribution is 2.37. The Bertz CT molecular complexity index is 267. The van der Waals surface area contributed by atoms with Crippen molar-refractivity contribution < 1.29 is 0 Å². The summed E-state index contributed by atoms with van der Waals surface area (Å²) in [5, 5.41) is 0. The molecule has 0 radical (unpaired) electrons. The Morgan fingerprint density at radius 1 is 1.33 bits per heavy atom. The maximum atomic E-state index is 5.65. The third kappa shape index (κ3) is 1.36. The van der Waals surface area contributed by atoms with Gasteiger partial charge in [-0.1, -0.05) is 24.3 Å². The van der Waals surface area contributed by atoms with Gasteiger partial charge in [-0.2, -0.15) is 0 Å². The van der Waals surface area contributed by atoms with Gasteiger partial charge in [-0.15, -0.1) is 11.6 Å². The van der Waals surface area contributed by atoms with Crippen LogP contribution in [0.15, 0.2) is 24.3 Å². The highest BCUT2D eigenvalue weighted by atomic mass is 35.5. The van der Waals surface area contributed by atoms with Crippen LogP contribution in [-0.2, 0) is 6.42 Å². The van der Waals surface area contributed by atoms with Crippen LogP contribution in [0.25, 0.3) is 0 Å². The van der Waals surface area contributed by atoms with Crippen molar-refractivity contribution in [3.63, 3.8) is 0 Å². The molecule has 2 rings (SSSR count). The van der Waals surface area contributed by atoms with Gasteiger partial charge in [0.15, 0.2) is 0 Å². The van der Waals surface area contributed by atoms with Gasteiger partial charge >= 0.3 is 0 Å². The number of rotatable bonds is 3. The molecule has 0 bridgehead atoms. The largest absolute Gasteiger partial charge is 0.127 e. The van der Waals surface area contributed by atoms with Gasteiger partial charge in [0.1, 0.15) is 0 Å². The average Bonchev–Trinajstić information content (AvgIpc) is 2.07. The third-order valence-corrected chi connectivity index (χ3v) is 2.91. The Morgan fingerprint density at radius 2 is 2.17 bits per heavy atom. The number of alkyl halides is 1. The first-order valence-electron chi connectivity index (χ1n) is 4.55. The van der Waals surface area contributed by atoms with Crippen LogP contribution in [-0.4, -0.2) is 5.88 Å². The monoisotopic (exact) mass is 180 g/mol. The summed E-state index contributed by atoms with van der Waals surface area (Å²) in [4.78, 5) is 0. The zero-order valence-electron chi connectivity index (χ0n) is 7.09. The van der Waals surface area contributed by atoms with Crippen LogP contribution < -0.4 is 0 Å². The molecule has 1 aliphatic carbocycles. The summed E-state index contributed by atoms with van der Waals surface area (Å²) in [6, 6.07) is 8.73. The van der Waals surface area contributed by atoms with E-state index in [2.05, 4.69) is 24.3 Å². The van der Waals surface area contributed by atoms with E-state index in [-0.39, 0.29) is 0 Å². The molecular weight excluding hydrogens is 168 g/mol. The van der Waals surface area contributed by atoms with Gasteiger partial charge in [0.2, 0.25) is 0 Å². The lowest BCUT2D eigenvalue weighted by Gasteiger charge is -2.29. The maximum Gasteiger partial charge on any atom is 0.0223 e. The molecule has 1 atom stereocenters. The van der Waals surface area contributed by atoms with Crippen molar-refractivity contribution in [2.24, 2.45) is 0 Å². The van der Waals surface area contributed by atoms with Crippen LogP contribution in [0.1, 0.15) is 29.9 Å². The van der Waals surface area contributed by atoms with Gasteiger partial charge in [-0.25, -0.2) is 0 Å². The first-order chi connectivity index (χ1) is 5.92. The van der Waals surface area contributed by atoms with Crippen LogP contribution in [0.4, 0.5) is 0 Å². The number of hydrogen-bond acceptors (Lipinski definition) is 0. The van der Waals surface area contributed by atoms with E-state index in [1.54, 1.807) is 5.56 Å². The molecule has 0 aromatic heterocycles. The lowest BCUT2D eigenvalue weighted by molar-refractivity contribution is 0.553. The van der Waals surface area contributed by atoms with Crippen LogP contribution in [0.5, 0.6) is 0 Å². The summed E-state index contributed by atoms with van der Waals surface area (Å²) in [5.41, 5.74) is 3.10. The van der Waals surface area contributed by atoms with E-state index in [0.717, 1.165) is 18.2 Å². The van der Waals surface area contributed by atoms with E-state index < -0.39 is 0 Å². The van der Waals surface area contributed by atoms with Crippen LogP contribution in [0.2, 0.25) is 0 Å². The molecular formula is C11H13Cl. The minimum absolute atomic E-state index is 0.804. The molecule has 0 spiro atoms. The summed E-state index contributed by atoms with van der Waals surface area (Å²) < 4.78 is 0. The van der Waals surface area contributed by atoms with Crippen molar-refractivity contribution >= 4 is 11.6 Å². The lowest BCUT2D eigenvalue weighted by atomic mass is 9.75. The van der Waals surface area contributed by atoms with Crippen molar-refractivity contribution in [3.8, 4) is 0 Å². The molecule has 64 valence electrons. The third-order valence-electron chi connectivity index (χ3n) is 2.65. The zero-order chi connectivity index (χ0) is 8.39. The molecule has 0 N–H and O–H groups in total. The average molecular weight is 181 g/mol. The maximum absolute atomic E-state index is 5.65. The minimum Gasteiger partial charge on any atom is -0.127 e. The number of halogens is 1. The molecule has 0 heterocycles. The fourth-order valence-corrected chi connectivity index (χ4v) is 2.10. The van der Waals surface area contributed by atoms with Gasteiger partial charge in [0, 0.05) is 5.88 Å². The summed E-state index contributed by atoms with van der Waals surface area (Å²) in [6.45, 7) is 0. The minimum atomic E-state index is 0.804. The van der Waals surface area contributed by atoms with Crippen LogP contribution >= 0.6 is 11.6 Å². The van der Waals surface area contributed by atoms with Gasteiger partial charge in [0.25, 0.3) is 0 Å². The normalized spacial score (nSPS) is 19.9. The Hall–Kier alpha value is -0.490. The van der Waals surface area contributed by atoms with Crippen LogP contribution in [0.3, 0.4) is 0 Å². The predicted octanol–water partition coefficient (Wildman–Crippen LogP) is 3.35. The molecule has 0 saturated carbocycles. The van der Waals surface area contributed by atoms with E-state index in [9.17, 15) is 0 Å². The molecule has 1 aromatic carbocycles. The van der Waals surface area contributed by atoms with Gasteiger partial charge < -0.3 is 0 Å². The first-order valence-corrected chi connectivity index (χ1v) is 5.09. The van der Waals surface area contributed by atoms with E-state index in [0.29, 0.717) is 0 Å². The second kappa shape index (κ2) is 3.49. The molecule has 1 aromatic rings. The standard InChI is InChI=1S/C11H13Cl/c12-7-3-5-10-8-9-4-1-2-6-11(9)10/h1-2,4,6,10H,3,5,7-8H2. The Balaban J connectivity index is 2.00. The number of benzene rings is 1. The van der Waals surface area contributed by atoms with Crippen LogP contribution in [0, 0.1) is 0 Å². The lowest BCUT2D eigenvalue weighted by Crippen LogP contribution is -2.16. The predicted molar refractivity (Wildman–Crippen MR) is 52.8 cm³/mol. The van der Waals surface area contributed by atoms with Gasteiger partial charge in [-0.3, -0.25) is 0 Å². The smallest absolute Gasteiger partial charge is 0.0223 e. The molecule has 1 aliphatic rings. The molecule has 1 unspecified atom stereocenters. The molecule has 0 aliphatic heterocycles. The summed E-state index contributed by atoms with van der Waals surface area (Å²) in [6.07, 6.45) is 3.69. The summed E-state index contributed by atoms with van der Waals surface area (Å²) in [7, 11) is 0. The second-order valence-electron chi connectivity index (χ2n) is 3.43. The van der Waals surface area contributed by atoms with Crippen molar-refractivity contribution in [3.05, 3.63) is 35.4 Å². The zero-order valence-corrected chi connectivity index (χ0v) is 7.85. The van der Waals surface area contributed by atoms with Crippen molar-refractivity contribution in [2.45, 2.75) is 25.2 Å². The van der Waals surface area contributed by atoms with Gasteiger partial charge in [-0.05, 0) is 36.3 Å². The van der Waals surface area contributed by atoms with E-state index in [4.69, 9.17) is 11.6 Å². The Morgan fingerprint density at radius 3 is 2.92 bits per heavy atom. The highest BCUT2D eigenvalue weighted by Gasteiger charge is 2.24. The molecule has 12 heavy (non-hydrogen) atoms. The number of fused-ring (bicyclic) bond motifs is 1. The molecule has 0 amide bonds. The Kier molecular flexibility index (Phi) is 2.36. The van der Waals surface area contributed by atoms with E-state index in [1.165, 1.54) is 18.4 Å².